The number of rotatable bonds is 9. The van der Waals surface area contributed by atoms with Crippen LogP contribution in [0.2, 0.25) is 0 Å². The van der Waals surface area contributed by atoms with E-state index in [-0.39, 0.29) is 11.9 Å². The molecule has 150 valence electrons. The molecule has 0 bridgehead atoms. The van der Waals surface area contributed by atoms with E-state index in [9.17, 15) is 9.59 Å². The number of hydrogen-bond donors (Lipinski definition) is 3. The Bertz CT molecular complexity index is 782. The number of hydrogen-bond acceptors (Lipinski definition) is 2. The van der Waals surface area contributed by atoms with Crippen molar-refractivity contribution in [2.75, 3.05) is 11.9 Å². The van der Waals surface area contributed by atoms with Crippen molar-refractivity contribution in [3.63, 3.8) is 0 Å². The Labute approximate surface area is 167 Å². The quantitative estimate of drug-likeness (QED) is 0.622. The van der Waals surface area contributed by atoms with Crippen molar-refractivity contribution >= 4 is 17.5 Å². The molecule has 0 aliphatic rings. The molecule has 0 aliphatic heterocycles. The van der Waals surface area contributed by atoms with Crippen molar-refractivity contribution in [2.24, 2.45) is 11.7 Å². The smallest absolute Gasteiger partial charge is 0.279 e. The van der Waals surface area contributed by atoms with E-state index >= 15 is 0 Å². The summed E-state index contributed by atoms with van der Waals surface area (Å²) in [7, 11) is 0. The van der Waals surface area contributed by atoms with Crippen LogP contribution < -0.4 is 16.4 Å². The molecule has 0 saturated carbocycles. The molecular formula is C23H32N3O2+. The van der Waals surface area contributed by atoms with Crippen molar-refractivity contribution in [1.29, 1.82) is 0 Å². The van der Waals surface area contributed by atoms with Gasteiger partial charge in [0.2, 0.25) is 5.91 Å². The molecule has 5 N–H and O–H groups in total. The van der Waals surface area contributed by atoms with E-state index < -0.39 is 5.91 Å². The predicted molar refractivity (Wildman–Crippen MR) is 113 cm³/mol. The second kappa shape index (κ2) is 10.0. The van der Waals surface area contributed by atoms with E-state index in [0.717, 1.165) is 6.42 Å². The Morgan fingerprint density at radius 3 is 2.04 bits per heavy atom. The maximum atomic E-state index is 12.3. The monoisotopic (exact) mass is 382 g/mol. The first-order chi connectivity index (χ1) is 13.3. The van der Waals surface area contributed by atoms with Crippen LogP contribution >= 0.6 is 0 Å². The number of amides is 2. The van der Waals surface area contributed by atoms with Crippen LogP contribution in [0.1, 0.15) is 67.6 Å². The lowest BCUT2D eigenvalue weighted by atomic mass is 9.92. The fraction of sp³-hybridized carbons (Fsp3) is 0.391. The molecule has 0 aromatic heterocycles. The summed E-state index contributed by atoms with van der Waals surface area (Å²) >= 11 is 0. The highest BCUT2D eigenvalue weighted by molar-refractivity contribution is 5.95. The van der Waals surface area contributed by atoms with Crippen molar-refractivity contribution in [2.45, 2.75) is 46.1 Å². The van der Waals surface area contributed by atoms with Gasteiger partial charge in [0.05, 0.1) is 0 Å². The average molecular weight is 383 g/mol. The third kappa shape index (κ3) is 5.92. The number of anilines is 1. The zero-order chi connectivity index (χ0) is 20.7. The molecule has 0 radical (unpaired) electrons. The van der Waals surface area contributed by atoms with Crippen LogP contribution in [0, 0.1) is 5.92 Å². The Kier molecular flexibility index (Phi) is 7.76. The zero-order valence-electron chi connectivity index (χ0n) is 17.2. The maximum absolute atomic E-state index is 12.3. The van der Waals surface area contributed by atoms with Gasteiger partial charge in [-0.25, -0.2) is 0 Å². The molecule has 28 heavy (non-hydrogen) atoms. The van der Waals surface area contributed by atoms with Gasteiger partial charge in [0, 0.05) is 22.7 Å². The molecule has 2 aromatic rings. The lowest BCUT2D eigenvalue weighted by Crippen LogP contribution is -2.88. The van der Waals surface area contributed by atoms with Gasteiger partial charge in [-0.3, -0.25) is 9.59 Å². The highest BCUT2D eigenvalue weighted by Gasteiger charge is 2.21. The van der Waals surface area contributed by atoms with Gasteiger partial charge >= 0.3 is 0 Å². The molecule has 0 saturated heterocycles. The summed E-state index contributed by atoms with van der Waals surface area (Å²) in [5, 5.41) is 4.94. The highest BCUT2D eigenvalue weighted by atomic mass is 16.2. The molecule has 0 unspecified atom stereocenters. The first-order valence-corrected chi connectivity index (χ1v) is 9.94. The summed E-state index contributed by atoms with van der Waals surface area (Å²) < 4.78 is 0. The number of carbonyl (C=O) groups is 2. The molecule has 0 spiro atoms. The van der Waals surface area contributed by atoms with Gasteiger partial charge in [-0.1, -0.05) is 52.0 Å². The summed E-state index contributed by atoms with van der Waals surface area (Å²) in [5.74, 6) is 0.401. The summed E-state index contributed by atoms with van der Waals surface area (Å²) in [5.41, 5.74) is 8.90. The molecule has 2 aromatic carbocycles. The van der Waals surface area contributed by atoms with Gasteiger partial charge in [-0.2, -0.15) is 0 Å². The van der Waals surface area contributed by atoms with Crippen molar-refractivity contribution in [3.8, 4) is 0 Å². The SMILES string of the molecule is CC[C@@H](C)c1ccc([C@H]([NH2+]CC(=O)Nc2ccc(C(N)=O)cc2)C(C)C)cc1. The van der Waals surface area contributed by atoms with Gasteiger partial charge in [-0.15, -0.1) is 0 Å². The Morgan fingerprint density at radius 2 is 1.54 bits per heavy atom. The minimum Gasteiger partial charge on any atom is -0.366 e. The van der Waals surface area contributed by atoms with Gasteiger partial charge < -0.3 is 16.4 Å². The van der Waals surface area contributed by atoms with Crippen molar-refractivity contribution < 1.29 is 14.9 Å². The second-order valence-corrected chi connectivity index (χ2v) is 7.68. The van der Waals surface area contributed by atoms with E-state index in [1.165, 1.54) is 11.1 Å². The van der Waals surface area contributed by atoms with Crippen LogP contribution in [-0.2, 0) is 4.79 Å². The lowest BCUT2D eigenvalue weighted by Gasteiger charge is -2.20. The lowest BCUT2D eigenvalue weighted by molar-refractivity contribution is -0.692. The summed E-state index contributed by atoms with van der Waals surface area (Å²) in [4.78, 5) is 23.5. The van der Waals surface area contributed by atoms with Crippen LogP contribution in [0.4, 0.5) is 5.69 Å². The first-order valence-electron chi connectivity index (χ1n) is 9.94. The van der Waals surface area contributed by atoms with Crippen LogP contribution in [0.25, 0.3) is 0 Å². The average Bonchev–Trinajstić information content (AvgIpc) is 2.68. The van der Waals surface area contributed by atoms with Gasteiger partial charge in [0.25, 0.3) is 5.91 Å². The molecule has 5 heteroatoms. The summed E-state index contributed by atoms with van der Waals surface area (Å²) in [6.07, 6.45) is 1.12. The van der Waals surface area contributed by atoms with Crippen LogP contribution in [0.15, 0.2) is 48.5 Å². The van der Waals surface area contributed by atoms with Crippen LogP contribution in [0.3, 0.4) is 0 Å². The predicted octanol–water partition coefficient (Wildman–Crippen LogP) is 3.20. The Balaban J connectivity index is 1.96. The topological polar surface area (TPSA) is 88.8 Å². The number of quaternary nitrogens is 1. The highest BCUT2D eigenvalue weighted by Crippen LogP contribution is 2.23. The molecule has 0 heterocycles. The second-order valence-electron chi connectivity index (χ2n) is 7.68. The van der Waals surface area contributed by atoms with Gasteiger partial charge in [0.1, 0.15) is 6.04 Å². The maximum Gasteiger partial charge on any atom is 0.279 e. The number of nitrogens with two attached hydrogens (primary N) is 2. The molecule has 0 aliphatic carbocycles. The fourth-order valence-corrected chi connectivity index (χ4v) is 3.24. The van der Waals surface area contributed by atoms with Crippen molar-refractivity contribution in [3.05, 3.63) is 65.2 Å². The van der Waals surface area contributed by atoms with E-state index in [2.05, 4.69) is 62.6 Å². The minimum atomic E-state index is -0.481. The molecule has 5 nitrogen and oxygen atoms in total. The standard InChI is InChI=1S/C23H31N3O2/c1-5-16(4)17-6-8-18(9-7-17)22(15(2)3)25-14-21(27)26-20-12-10-19(11-13-20)23(24)28/h6-13,15-16,22,25H,5,14H2,1-4H3,(H2,24,28)(H,26,27)/p+1/t16-,22-/m1/s1. The zero-order valence-corrected chi connectivity index (χ0v) is 17.2. The molecule has 2 atom stereocenters. The molecule has 0 fully saturated rings. The van der Waals surface area contributed by atoms with Crippen molar-refractivity contribution in [1.82, 2.24) is 0 Å². The van der Waals surface area contributed by atoms with E-state index in [1.807, 2.05) is 0 Å². The summed E-state index contributed by atoms with van der Waals surface area (Å²) in [6, 6.07) is 15.6. The number of benzene rings is 2. The third-order valence-electron chi connectivity index (χ3n) is 5.23. The number of carbonyl (C=O) groups excluding carboxylic acids is 2. The number of primary amides is 1. The van der Waals surface area contributed by atoms with E-state index in [1.54, 1.807) is 24.3 Å². The Morgan fingerprint density at radius 1 is 0.964 bits per heavy atom. The molecule has 2 rings (SSSR count). The van der Waals surface area contributed by atoms with Gasteiger partial charge in [-0.05, 0) is 42.2 Å². The third-order valence-corrected chi connectivity index (χ3v) is 5.23. The van der Waals surface area contributed by atoms with Crippen LogP contribution in [0.5, 0.6) is 0 Å². The molecular weight excluding hydrogens is 350 g/mol. The number of nitrogens with one attached hydrogen (secondary N) is 1. The van der Waals surface area contributed by atoms with Gasteiger partial charge in [0.15, 0.2) is 6.54 Å². The van der Waals surface area contributed by atoms with Crippen LogP contribution in [-0.4, -0.2) is 18.4 Å². The Hall–Kier alpha value is -2.66. The minimum absolute atomic E-state index is 0.0753. The van der Waals surface area contributed by atoms with E-state index in [4.69, 9.17) is 5.73 Å². The molecule has 2 amide bonds. The summed E-state index contributed by atoms with van der Waals surface area (Å²) in [6.45, 7) is 9.10. The normalized spacial score (nSPS) is 13.2. The largest absolute Gasteiger partial charge is 0.366 e. The first kappa shape index (κ1) is 21.6. The fourth-order valence-electron chi connectivity index (χ4n) is 3.24. The van der Waals surface area contributed by atoms with E-state index in [0.29, 0.717) is 29.6 Å².